The zero-order valence-electron chi connectivity index (χ0n) is 9.39. The molecule has 0 aliphatic rings. The highest BCUT2D eigenvalue weighted by atomic mass is 19.1. The van der Waals surface area contributed by atoms with E-state index in [9.17, 15) is 4.39 Å². The fourth-order valence-electron chi connectivity index (χ4n) is 1.40. The average molecular weight is 207 g/mol. The SMILES string of the molecule is C=CCCNC(C)c1ccc(C)c(F)c1. The fourth-order valence-corrected chi connectivity index (χ4v) is 1.40. The van der Waals surface area contributed by atoms with Crippen LogP contribution in [0.1, 0.15) is 30.5 Å². The van der Waals surface area contributed by atoms with Crippen LogP contribution < -0.4 is 5.32 Å². The number of halogens is 1. The van der Waals surface area contributed by atoms with Crippen LogP contribution in [0.25, 0.3) is 0 Å². The van der Waals surface area contributed by atoms with Gasteiger partial charge < -0.3 is 5.32 Å². The highest BCUT2D eigenvalue weighted by molar-refractivity contribution is 5.25. The molecule has 0 heterocycles. The molecule has 0 aliphatic carbocycles. The molecule has 0 saturated carbocycles. The van der Waals surface area contributed by atoms with Gasteiger partial charge in [0, 0.05) is 6.04 Å². The van der Waals surface area contributed by atoms with E-state index in [2.05, 4.69) is 11.9 Å². The van der Waals surface area contributed by atoms with E-state index < -0.39 is 0 Å². The van der Waals surface area contributed by atoms with Crippen molar-refractivity contribution < 1.29 is 4.39 Å². The Hall–Kier alpha value is -1.15. The van der Waals surface area contributed by atoms with Gasteiger partial charge in [0.05, 0.1) is 0 Å². The number of rotatable bonds is 5. The molecule has 0 spiro atoms. The van der Waals surface area contributed by atoms with Gasteiger partial charge >= 0.3 is 0 Å². The Labute approximate surface area is 91.0 Å². The minimum absolute atomic E-state index is 0.134. The van der Waals surface area contributed by atoms with E-state index in [4.69, 9.17) is 0 Å². The van der Waals surface area contributed by atoms with E-state index in [0.29, 0.717) is 5.56 Å². The molecule has 0 radical (unpaired) electrons. The van der Waals surface area contributed by atoms with Crippen molar-refractivity contribution in [3.63, 3.8) is 0 Å². The van der Waals surface area contributed by atoms with Gasteiger partial charge in [-0.25, -0.2) is 4.39 Å². The van der Waals surface area contributed by atoms with Crippen molar-refractivity contribution in [1.29, 1.82) is 0 Å². The van der Waals surface area contributed by atoms with Gasteiger partial charge in [0.1, 0.15) is 5.82 Å². The van der Waals surface area contributed by atoms with Gasteiger partial charge in [-0.3, -0.25) is 0 Å². The second-order valence-corrected chi connectivity index (χ2v) is 3.76. The van der Waals surface area contributed by atoms with E-state index in [1.54, 1.807) is 13.0 Å². The monoisotopic (exact) mass is 207 g/mol. The maximum absolute atomic E-state index is 13.3. The van der Waals surface area contributed by atoms with E-state index >= 15 is 0 Å². The van der Waals surface area contributed by atoms with Gasteiger partial charge in [0.2, 0.25) is 0 Å². The number of aryl methyl sites for hydroxylation is 1. The van der Waals surface area contributed by atoms with Crippen molar-refractivity contribution in [2.75, 3.05) is 6.54 Å². The smallest absolute Gasteiger partial charge is 0.126 e. The van der Waals surface area contributed by atoms with Crippen LogP contribution in [-0.4, -0.2) is 6.54 Å². The quantitative estimate of drug-likeness (QED) is 0.576. The lowest BCUT2D eigenvalue weighted by Crippen LogP contribution is -2.19. The summed E-state index contributed by atoms with van der Waals surface area (Å²) in [6.45, 7) is 8.34. The molecule has 2 heteroatoms. The first kappa shape index (κ1) is 11.9. The predicted octanol–water partition coefficient (Wildman–Crippen LogP) is 3.36. The number of hydrogen-bond acceptors (Lipinski definition) is 1. The first-order valence-electron chi connectivity index (χ1n) is 5.25. The third-order valence-corrected chi connectivity index (χ3v) is 2.49. The Balaban J connectivity index is 2.61. The fraction of sp³-hybridized carbons (Fsp3) is 0.385. The molecule has 15 heavy (non-hydrogen) atoms. The molecule has 1 N–H and O–H groups in total. The summed E-state index contributed by atoms with van der Waals surface area (Å²) in [4.78, 5) is 0. The van der Waals surface area contributed by atoms with E-state index in [1.807, 2.05) is 25.1 Å². The number of hydrogen-bond donors (Lipinski definition) is 1. The largest absolute Gasteiger partial charge is 0.310 e. The summed E-state index contributed by atoms with van der Waals surface area (Å²) in [5, 5.41) is 3.31. The maximum atomic E-state index is 13.3. The zero-order chi connectivity index (χ0) is 11.3. The van der Waals surface area contributed by atoms with Crippen molar-refractivity contribution >= 4 is 0 Å². The van der Waals surface area contributed by atoms with Crippen LogP contribution >= 0.6 is 0 Å². The third kappa shape index (κ3) is 3.48. The summed E-state index contributed by atoms with van der Waals surface area (Å²) >= 11 is 0. The Bertz CT molecular complexity index is 333. The first-order valence-corrected chi connectivity index (χ1v) is 5.25. The maximum Gasteiger partial charge on any atom is 0.126 e. The lowest BCUT2D eigenvalue weighted by molar-refractivity contribution is 0.568. The second kappa shape index (κ2) is 5.66. The Morgan fingerprint density at radius 2 is 2.27 bits per heavy atom. The molecule has 0 bridgehead atoms. The third-order valence-electron chi connectivity index (χ3n) is 2.49. The highest BCUT2D eigenvalue weighted by Gasteiger charge is 2.06. The van der Waals surface area contributed by atoms with Gasteiger partial charge in [-0.15, -0.1) is 6.58 Å². The molecule has 1 aromatic carbocycles. The minimum Gasteiger partial charge on any atom is -0.310 e. The molecule has 82 valence electrons. The van der Waals surface area contributed by atoms with Crippen LogP contribution in [0, 0.1) is 12.7 Å². The van der Waals surface area contributed by atoms with Gasteiger partial charge in [0.15, 0.2) is 0 Å². The second-order valence-electron chi connectivity index (χ2n) is 3.76. The standard InChI is InChI=1S/C13H18FN/c1-4-5-8-15-11(3)12-7-6-10(2)13(14)9-12/h4,6-7,9,11,15H,1,5,8H2,2-3H3. The molecule has 1 aromatic rings. The summed E-state index contributed by atoms with van der Waals surface area (Å²) < 4.78 is 13.3. The van der Waals surface area contributed by atoms with Gasteiger partial charge in [0.25, 0.3) is 0 Å². The van der Waals surface area contributed by atoms with Gasteiger partial charge in [-0.05, 0) is 44.0 Å². The Morgan fingerprint density at radius 3 is 2.87 bits per heavy atom. The molecule has 0 fully saturated rings. The molecule has 1 atom stereocenters. The van der Waals surface area contributed by atoms with E-state index in [1.165, 1.54) is 0 Å². The normalized spacial score (nSPS) is 12.5. The van der Waals surface area contributed by atoms with Crippen molar-refractivity contribution in [1.82, 2.24) is 5.32 Å². The molecule has 0 aromatic heterocycles. The summed E-state index contributed by atoms with van der Waals surface area (Å²) in [6, 6.07) is 5.56. The molecule has 0 aliphatic heterocycles. The van der Waals surface area contributed by atoms with Crippen LogP contribution in [0.2, 0.25) is 0 Å². The van der Waals surface area contributed by atoms with Crippen LogP contribution in [0.5, 0.6) is 0 Å². The summed E-state index contributed by atoms with van der Waals surface area (Å²) in [7, 11) is 0. The minimum atomic E-state index is -0.134. The van der Waals surface area contributed by atoms with Gasteiger partial charge in [-0.2, -0.15) is 0 Å². The van der Waals surface area contributed by atoms with Crippen LogP contribution in [0.3, 0.4) is 0 Å². The Morgan fingerprint density at radius 1 is 1.53 bits per heavy atom. The van der Waals surface area contributed by atoms with E-state index in [0.717, 1.165) is 18.5 Å². The van der Waals surface area contributed by atoms with Crippen LogP contribution in [0.15, 0.2) is 30.9 Å². The number of nitrogens with one attached hydrogen (secondary N) is 1. The topological polar surface area (TPSA) is 12.0 Å². The first-order chi connectivity index (χ1) is 7.15. The lowest BCUT2D eigenvalue weighted by atomic mass is 10.1. The average Bonchev–Trinajstić information content (AvgIpc) is 2.22. The molecule has 1 unspecified atom stereocenters. The molecule has 0 saturated heterocycles. The molecular weight excluding hydrogens is 189 g/mol. The molecule has 1 nitrogen and oxygen atoms in total. The molecule has 1 rings (SSSR count). The lowest BCUT2D eigenvalue weighted by Gasteiger charge is -2.14. The predicted molar refractivity (Wildman–Crippen MR) is 62.4 cm³/mol. The molecule has 0 amide bonds. The van der Waals surface area contributed by atoms with Gasteiger partial charge in [-0.1, -0.05) is 18.2 Å². The van der Waals surface area contributed by atoms with Crippen LogP contribution in [0.4, 0.5) is 4.39 Å². The van der Waals surface area contributed by atoms with Crippen molar-refractivity contribution in [3.8, 4) is 0 Å². The summed E-state index contributed by atoms with van der Waals surface area (Å²) in [5.74, 6) is -0.134. The van der Waals surface area contributed by atoms with E-state index in [-0.39, 0.29) is 11.9 Å². The van der Waals surface area contributed by atoms with Crippen LogP contribution in [-0.2, 0) is 0 Å². The number of benzene rings is 1. The van der Waals surface area contributed by atoms with Crippen molar-refractivity contribution in [2.24, 2.45) is 0 Å². The summed E-state index contributed by atoms with van der Waals surface area (Å²) in [6.07, 6.45) is 2.80. The summed E-state index contributed by atoms with van der Waals surface area (Å²) in [5.41, 5.74) is 1.68. The Kier molecular flexibility index (Phi) is 4.50. The molecular formula is C13H18FN. The van der Waals surface area contributed by atoms with Crippen molar-refractivity contribution in [3.05, 3.63) is 47.8 Å². The zero-order valence-corrected chi connectivity index (χ0v) is 9.39. The van der Waals surface area contributed by atoms with Crippen molar-refractivity contribution in [2.45, 2.75) is 26.3 Å². The highest BCUT2D eigenvalue weighted by Crippen LogP contribution is 2.15.